The summed E-state index contributed by atoms with van der Waals surface area (Å²) >= 11 is 5.05. The van der Waals surface area contributed by atoms with E-state index in [1.54, 1.807) is 29.7 Å². The van der Waals surface area contributed by atoms with Crippen LogP contribution >= 0.6 is 27.3 Å². The highest BCUT2D eigenvalue weighted by Crippen LogP contribution is 2.35. The topological polar surface area (TPSA) is 71.2 Å². The van der Waals surface area contributed by atoms with Crippen LogP contribution in [0.1, 0.15) is 19.4 Å². The Hall–Kier alpha value is -1.44. The highest BCUT2D eigenvalue weighted by atomic mass is 79.9. The van der Waals surface area contributed by atoms with Crippen molar-refractivity contribution in [1.82, 2.24) is 15.2 Å². The van der Waals surface area contributed by atoms with Gasteiger partial charge in [0.2, 0.25) is 5.91 Å². The number of amides is 1. The van der Waals surface area contributed by atoms with Crippen molar-refractivity contribution >= 4 is 55.2 Å². The zero-order valence-electron chi connectivity index (χ0n) is 13.3. The minimum absolute atomic E-state index is 0.0993. The van der Waals surface area contributed by atoms with Gasteiger partial charge in [-0.25, -0.2) is 4.98 Å². The maximum atomic E-state index is 11.9. The van der Waals surface area contributed by atoms with Crippen LogP contribution in [0, 0.1) is 0 Å². The molecule has 7 heteroatoms. The van der Waals surface area contributed by atoms with Crippen molar-refractivity contribution in [2.24, 2.45) is 0 Å². The molecule has 0 aliphatic carbocycles. The van der Waals surface area contributed by atoms with Crippen LogP contribution < -0.4 is 11.1 Å². The van der Waals surface area contributed by atoms with E-state index in [4.69, 9.17) is 5.73 Å². The van der Waals surface area contributed by atoms with Gasteiger partial charge >= 0.3 is 0 Å². The van der Waals surface area contributed by atoms with E-state index in [9.17, 15) is 4.79 Å². The molecule has 1 amide bonds. The Bertz CT molecular complexity index is 709. The van der Waals surface area contributed by atoms with E-state index in [0.29, 0.717) is 12.4 Å². The largest absolute Gasteiger partial charge is 0.383 e. The van der Waals surface area contributed by atoms with Gasteiger partial charge in [0.05, 0.1) is 0 Å². The minimum atomic E-state index is -0.0993. The Kier molecular flexibility index (Phi) is 6.56. The number of carbonyl (C=O) groups is 1. The number of anilines is 1. The lowest BCUT2D eigenvalue weighted by Crippen LogP contribution is -2.34. The van der Waals surface area contributed by atoms with Crippen molar-refractivity contribution in [2.75, 3.05) is 31.9 Å². The van der Waals surface area contributed by atoms with E-state index in [-0.39, 0.29) is 5.91 Å². The molecule has 0 saturated heterocycles. The zero-order chi connectivity index (χ0) is 16.8. The van der Waals surface area contributed by atoms with E-state index >= 15 is 0 Å². The fourth-order valence-corrected chi connectivity index (χ4v) is 4.01. The first-order valence-corrected chi connectivity index (χ1v) is 9.23. The summed E-state index contributed by atoms with van der Waals surface area (Å²) in [5.41, 5.74) is 6.80. The van der Waals surface area contributed by atoms with Crippen LogP contribution in [0.25, 0.3) is 16.2 Å². The summed E-state index contributed by atoms with van der Waals surface area (Å²) < 4.78 is 1.96. The molecule has 124 valence electrons. The molecule has 0 saturated carbocycles. The van der Waals surface area contributed by atoms with Crippen LogP contribution in [0.4, 0.5) is 5.82 Å². The van der Waals surface area contributed by atoms with Crippen LogP contribution in [-0.4, -0.2) is 42.0 Å². The molecule has 23 heavy (non-hydrogen) atoms. The number of hydrogen-bond acceptors (Lipinski definition) is 5. The molecule has 0 radical (unpaired) electrons. The Morgan fingerprint density at radius 1 is 1.48 bits per heavy atom. The van der Waals surface area contributed by atoms with Crippen LogP contribution in [0.2, 0.25) is 0 Å². The molecule has 5 nitrogen and oxygen atoms in total. The summed E-state index contributed by atoms with van der Waals surface area (Å²) in [5.74, 6) is 0.395. The molecule has 0 aliphatic heterocycles. The van der Waals surface area contributed by atoms with Gasteiger partial charge < -0.3 is 16.0 Å². The summed E-state index contributed by atoms with van der Waals surface area (Å²) in [6.07, 6.45) is 5.02. The molecule has 0 aliphatic rings. The highest BCUT2D eigenvalue weighted by molar-refractivity contribution is 9.10. The molecular weight excluding hydrogens is 376 g/mol. The molecule has 3 N–H and O–H groups in total. The van der Waals surface area contributed by atoms with Crippen LogP contribution in [0.5, 0.6) is 0 Å². The molecule has 2 aromatic heterocycles. The molecule has 0 bridgehead atoms. The first-order chi connectivity index (χ1) is 11.1. The first-order valence-electron chi connectivity index (χ1n) is 7.56. The highest BCUT2D eigenvalue weighted by Gasteiger charge is 2.09. The number of nitrogens with one attached hydrogen (secondary N) is 1. The van der Waals surface area contributed by atoms with Gasteiger partial charge in [0, 0.05) is 50.9 Å². The molecule has 0 fully saturated rings. The van der Waals surface area contributed by atoms with Crippen LogP contribution in [0.3, 0.4) is 0 Å². The number of hydrogen-bond donors (Lipinski definition) is 2. The zero-order valence-corrected chi connectivity index (χ0v) is 15.7. The van der Waals surface area contributed by atoms with E-state index in [2.05, 4.69) is 45.0 Å². The number of nitrogens with two attached hydrogens (primary N) is 1. The minimum Gasteiger partial charge on any atom is -0.383 e. The molecule has 0 atom stereocenters. The number of halogens is 1. The fourth-order valence-electron chi connectivity index (χ4n) is 2.27. The summed E-state index contributed by atoms with van der Waals surface area (Å²) in [6, 6.07) is 0. The molecular formula is C16H21BrN4OS. The molecule has 2 rings (SSSR count). The lowest BCUT2D eigenvalue weighted by atomic mass is 10.2. The van der Waals surface area contributed by atoms with E-state index in [0.717, 1.165) is 39.8 Å². The fraction of sp³-hybridized carbons (Fsp3) is 0.375. The van der Waals surface area contributed by atoms with E-state index in [1.165, 1.54) is 0 Å². The van der Waals surface area contributed by atoms with Crippen molar-refractivity contribution in [3.05, 3.63) is 27.7 Å². The quantitative estimate of drug-likeness (QED) is 0.705. The Morgan fingerprint density at radius 3 is 2.91 bits per heavy atom. The number of rotatable bonds is 7. The monoisotopic (exact) mass is 396 g/mol. The van der Waals surface area contributed by atoms with Crippen LogP contribution in [-0.2, 0) is 4.79 Å². The van der Waals surface area contributed by atoms with Crippen molar-refractivity contribution in [3.63, 3.8) is 0 Å². The van der Waals surface area contributed by atoms with Crippen molar-refractivity contribution in [3.8, 4) is 0 Å². The maximum absolute atomic E-state index is 11.9. The van der Waals surface area contributed by atoms with Gasteiger partial charge in [0.25, 0.3) is 0 Å². The van der Waals surface area contributed by atoms with E-state index < -0.39 is 0 Å². The van der Waals surface area contributed by atoms with E-state index in [1.807, 2.05) is 5.38 Å². The maximum Gasteiger partial charge on any atom is 0.244 e. The third kappa shape index (κ3) is 4.53. The van der Waals surface area contributed by atoms with Gasteiger partial charge in [-0.3, -0.25) is 4.79 Å². The standard InChI is InChI=1S/C16H21BrN4OS/c1-3-21(4-2)8-7-19-13(22)6-5-11-9-20-16(18)14-12(17)10-23-15(11)14/h5-6,9-10H,3-4,7-8H2,1-2H3,(H2,18,20)(H,19,22)/b6-5+. The number of nitrogen functional groups attached to an aromatic ring is 1. The molecule has 0 unspecified atom stereocenters. The molecule has 0 aromatic carbocycles. The summed E-state index contributed by atoms with van der Waals surface area (Å²) in [4.78, 5) is 18.4. The molecule has 0 spiro atoms. The Balaban J connectivity index is 2.00. The first kappa shape index (κ1) is 17.9. The average molecular weight is 397 g/mol. The van der Waals surface area contributed by atoms with Gasteiger partial charge in [-0.2, -0.15) is 0 Å². The lowest BCUT2D eigenvalue weighted by Gasteiger charge is -2.17. The number of pyridine rings is 1. The third-order valence-corrected chi connectivity index (χ3v) is 5.60. The normalized spacial score (nSPS) is 11.7. The summed E-state index contributed by atoms with van der Waals surface area (Å²) in [6.45, 7) is 7.71. The predicted octanol–water partition coefficient (Wildman–Crippen LogP) is 3.11. The lowest BCUT2D eigenvalue weighted by molar-refractivity contribution is -0.116. The summed E-state index contributed by atoms with van der Waals surface area (Å²) in [5, 5.41) is 5.78. The Morgan fingerprint density at radius 2 is 2.22 bits per heavy atom. The summed E-state index contributed by atoms with van der Waals surface area (Å²) in [7, 11) is 0. The number of nitrogens with zero attached hydrogens (tertiary/aromatic N) is 2. The Labute approximate surface area is 148 Å². The number of fused-ring (bicyclic) bond motifs is 1. The van der Waals surface area contributed by atoms with Gasteiger partial charge in [0.1, 0.15) is 5.82 Å². The predicted molar refractivity (Wildman–Crippen MR) is 102 cm³/mol. The number of likely N-dealkylation sites (N-methyl/N-ethyl adjacent to an activating group) is 1. The number of aromatic nitrogens is 1. The van der Waals surface area contributed by atoms with Crippen molar-refractivity contribution < 1.29 is 4.79 Å². The SMILES string of the molecule is CCN(CC)CCNC(=O)/C=C/c1cnc(N)c2c(Br)csc12. The van der Waals surface area contributed by atoms with Crippen molar-refractivity contribution in [1.29, 1.82) is 0 Å². The van der Waals surface area contributed by atoms with Crippen LogP contribution in [0.15, 0.2) is 22.1 Å². The third-order valence-electron chi connectivity index (χ3n) is 3.64. The number of thiophene rings is 1. The van der Waals surface area contributed by atoms with Gasteiger partial charge in [0.15, 0.2) is 0 Å². The molecule has 2 heterocycles. The smallest absolute Gasteiger partial charge is 0.244 e. The second-order valence-corrected chi connectivity index (χ2v) is 6.77. The number of carbonyl (C=O) groups excluding carboxylic acids is 1. The van der Waals surface area contributed by atoms with Gasteiger partial charge in [-0.05, 0) is 35.1 Å². The average Bonchev–Trinajstić information content (AvgIpc) is 2.94. The van der Waals surface area contributed by atoms with Gasteiger partial charge in [-0.15, -0.1) is 11.3 Å². The van der Waals surface area contributed by atoms with Crippen molar-refractivity contribution in [2.45, 2.75) is 13.8 Å². The second-order valence-electron chi connectivity index (χ2n) is 5.04. The second kappa shape index (κ2) is 8.42. The van der Waals surface area contributed by atoms with Gasteiger partial charge in [-0.1, -0.05) is 13.8 Å². The molecule has 2 aromatic rings.